The maximum absolute atomic E-state index is 13.0. The van der Waals surface area contributed by atoms with E-state index in [4.69, 9.17) is 4.74 Å². The molecule has 0 bridgehead atoms. The lowest BCUT2D eigenvalue weighted by atomic mass is 10.2. The van der Waals surface area contributed by atoms with E-state index in [2.05, 4.69) is 10.3 Å². The molecule has 7 nitrogen and oxygen atoms in total. The number of benzene rings is 2. The van der Waals surface area contributed by atoms with Gasteiger partial charge in [0.1, 0.15) is 0 Å². The molecule has 3 aromatic rings. The highest BCUT2D eigenvalue weighted by atomic mass is 32.2. The van der Waals surface area contributed by atoms with Gasteiger partial charge >= 0.3 is 0 Å². The number of hydrogen-bond donors (Lipinski definition) is 1. The van der Waals surface area contributed by atoms with Crippen molar-refractivity contribution in [2.45, 2.75) is 16.2 Å². The van der Waals surface area contributed by atoms with Gasteiger partial charge in [0.05, 0.1) is 34.1 Å². The summed E-state index contributed by atoms with van der Waals surface area (Å²) in [6.07, 6.45) is 0. The molecule has 158 valence electrons. The fourth-order valence-electron chi connectivity index (χ4n) is 3.12. The number of fused-ring (bicyclic) bond motifs is 1. The Bertz CT molecular complexity index is 1140. The minimum absolute atomic E-state index is 0.194. The molecule has 2 aromatic carbocycles. The number of ether oxygens (including phenoxy) is 1. The molecule has 30 heavy (non-hydrogen) atoms. The summed E-state index contributed by atoms with van der Waals surface area (Å²) in [7, 11) is -3.63. The van der Waals surface area contributed by atoms with Crippen LogP contribution < -0.4 is 5.32 Å². The summed E-state index contributed by atoms with van der Waals surface area (Å²) in [5, 5.41) is 2.80. The second kappa shape index (κ2) is 9.03. The molecule has 1 N–H and O–H groups in total. The number of para-hydroxylation sites is 1. The maximum Gasteiger partial charge on any atom is 0.243 e. The normalized spacial score (nSPS) is 15.4. The Morgan fingerprint density at radius 3 is 2.77 bits per heavy atom. The topological polar surface area (TPSA) is 88.6 Å². The first-order valence-corrected chi connectivity index (χ1v) is 12.6. The molecule has 1 amide bonds. The Morgan fingerprint density at radius 1 is 1.23 bits per heavy atom. The number of nitrogens with one attached hydrogen (secondary N) is 1. The maximum atomic E-state index is 13.0. The molecule has 0 saturated carbocycles. The number of thiazole rings is 1. The van der Waals surface area contributed by atoms with Gasteiger partial charge in [-0.1, -0.05) is 30.0 Å². The Kier molecular flexibility index (Phi) is 6.40. The minimum atomic E-state index is -3.63. The largest absolute Gasteiger partial charge is 0.379 e. The van der Waals surface area contributed by atoms with Crippen LogP contribution in [0.1, 0.15) is 5.56 Å². The second-order valence-corrected chi connectivity index (χ2v) is 10.9. The number of carbonyl (C=O) groups excluding carboxylic acids is 1. The first-order valence-electron chi connectivity index (χ1n) is 9.40. The van der Waals surface area contributed by atoms with Crippen LogP contribution in [0.3, 0.4) is 0 Å². The molecule has 1 aliphatic heterocycles. The van der Waals surface area contributed by atoms with E-state index in [1.165, 1.54) is 22.1 Å². The number of hydrogen-bond acceptors (Lipinski definition) is 7. The molecule has 0 spiro atoms. The molecule has 1 aliphatic rings. The van der Waals surface area contributed by atoms with Crippen LogP contribution in [0.2, 0.25) is 0 Å². The fraction of sp³-hybridized carbons (Fsp3) is 0.300. The number of sulfonamides is 1. The van der Waals surface area contributed by atoms with Gasteiger partial charge in [0.2, 0.25) is 15.9 Å². The monoisotopic (exact) mass is 463 g/mol. The van der Waals surface area contributed by atoms with Crippen molar-refractivity contribution in [2.24, 2.45) is 0 Å². The van der Waals surface area contributed by atoms with Crippen molar-refractivity contribution in [3.63, 3.8) is 0 Å². The van der Waals surface area contributed by atoms with Gasteiger partial charge in [-0.15, -0.1) is 11.3 Å². The summed E-state index contributed by atoms with van der Waals surface area (Å²) in [5.74, 6) is -0.0166. The van der Waals surface area contributed by atoms with Crippen LogP contribution in [0.5, 0.6) is 0 Å². The van der Waals surface area contributed by atoms with Gasteiger partial charge in [-0.25, -0.2) is 13.4 Å². The van der Waals surface area contributed by atoms with E-state index in [1.807, 2.05) is 24.3 Å². The van der Waals surface area contributed by atoms with E-state index in [0.717, 1.165) is 14.6 Å². The standard InChI is InChI=1S/C20H21N3O4S3/c1-14-6-7-15(12-18(14)30(25,26)23-8-10-27-11-9-23)21-19(24)13-28-20-22-16-4-2-3-5-17(16)29-20/h2-7,12H,8-11,13H2,1H3,(H,21,24). The molecule has 4 rings (SSSR count). The van der Waals surface area contributed by atoms with E-state index in [-0.39, 0.29) is 16.6 Å². The zero-order valence-electron chi connectivity index (χ0n) is 16.3. The molecular weight excluding hydrogens is 442 g/mol. The Morgan fingerprint density at radius 2 is 2.00 bits per heavy atom. The molecule has 1 saturated heterocycles. The fourth-order valence-corrected chi connectivity index (χ4v) is 6.65. The van der Waals surface area contributed by atoms with Gasteiger partial charge in [0.15, 0.2) is 4.34 Å². The van der Waals surface area contributed by atoms with Gasteiger partial charge in [-0.3, -0.25) is 4.79 Å². The molecule has 0 aliphatic carbocycles. The van der Waals surface area contributed by atoms with E-state index >= 15 is 0 Å². The average Bonchev–Trinajstić information content (AvgIpc) is 3.17. The van der Waals surface area contributed by atoms with Crippen LogP contribution in [-0.2, 0) is 19.6 Å². The second-order valence-electron chi connectivity index (χ2n) is 6.78. The van der Waals surface area contributed by atoms with Crippen LogP contribution in [0, 0.1) is 6.92 Å². The first kappa shape index (κ1) is 21.3. The van der Waals surface area contributed by atoms with Crippen LogP contribution >= 0.6 is 23.1 Å². The van der Waals surface area contributed by atoms with Crippen molar-refractivity contribution in [1.29, 1.82) is 0 Å². The summed E-state index contributed by atoms with van der Waals surface area (Å²) in [6, 6.07) is 12.8. The molecule has 2 heterocycles. The third-order valence-electron chi connectivity index (χ3n) is 4.66. The number of anilines is 1. The zero-order valence-corrected chi connectivity index (χ0v) is 18.8. The van der Waals surface area contributed by atoms with Crippen molar-refractivity contribution in [1.82, 2.24) is 9.29 Å². The number of amides is 1. The zero-order chi connectivity index (χ0) is 21.1. The van der Waals surface area contributed by atoms with Crippen molar-refractivity contribution in [2.75, 3.05) is 37.4 Å². The summed E-state index contributed by atoms with van der Waals surface area (Å²) < 4.78 is 34.6. The van der Waals surface area contributed by atoms with Crippen LogP contribution in [0.15, 0.2) is 51.7 Å². The van der Waals surface area contributed by atoms with E-state index in [0.29, 0.717) is 37.6 Å². The highest BCUT2D eigenvalue weighted by Crippen LogP contribution is 2.29. The van der Waals surface area contributed by atoms with Crippen LogP contribution in [0.25, 0.3) is 10.2 Å². The van der Waals surface area contributed by atoms with Crippen LogP contribution in [0.4, 0.5) is 5.69 Å². The number of carbonyl (C=O) groups is 1. The quantitative estimate of drug-likeness (QED) is 0.564. The van der Waals surface area contributed by atoms with E-state index in [1.54, 1.807) is 30.4 Å². The third kappa shape index (κ3) is 4.68. The Hall–Kier alpha value is -1.98. The number of thioether (sulfide) groups is 1. The first-order chi connectivity index (χ1) is 14.4. The predicted molar refractivity (Wildman–Crippen MR) is 120 cm³/mol. The van der Waals surface area contributed by atoms with E-state index in [9.17, 15) is 13.2 Å². The lowest BCUT2D eigenvalue weighted by molar-refractivity contribution is -0.113. The third-order valence-corrected chi connectivity index (χ3v) is 8.88. The molecule has 1 fully saturated rings. The van der Waals surface area contributed by atoms with Crippen LogP contribution in [-0.4, -0.2) is 55.7 Å². The smallest absolute Gasteiger partial charge is 0.243 e. The lowest BCUT2D eigenvalue weighted by Crippen LogP contribution is -2.40. The lowest BCUT2D eigenvalue weighted by Gasteiger charge is -2.26. The van der Waals surface area contributed by atoms with Crippen molar-refractivity contribution in [3.05, 3.63) is 48.0 Å². The van der Waals surface area contributed by atoms with Gasteiger partial charge in [-0.2, -0.15) is 4.31 Å². The molecular formula is C20H21N3O4S3. The molecule has 10 heteroatoms. The summed E-state index contributed by atoms with van der Waals surface area (Å²) in [5.41, 5.74) is 2.02. The molecule has 0 radical (unpaired) electrons. The summed E-state index contributed by atoms with van der Waals surface area (Å²) in [4.78, 5) is 17.1. The van der Waals surface area contributed by atoms with Gasteiger partial charge < -0.3 is 10.1 Å². The van der Waals surface area contributed by atoms with Gasteiger partial charge in [0.25, 0.3) is 0 Å². The number of nitrogens with zero attached hydrogens (tertiary/aromatic N) is 2. The number of aromatic nitrogens is 1. The molecule has 0 atom stereocenters. The average molecular weight is 464 g/mol. The van der Waals surface area contributed by atoms with Gasteiger partial charge in [0, 0.05) is 18.8 Å². The van der Waals surface area contributed by atoms with Crippen molar-refractivity contribution < 1.29 is 17.9 Å². The number of aryl methyl sites for hydroxylation is 1. The SMILES string of the molecule is Cc1ccc(NC(=O)CSc2nc3ccccc3s2)cc1S(=O)(=O)N1CCOCC1. The molecule has 1 aromatic heterocycles. The summed E-state index contributed by atoms with van der Waals surface area (Å²) in [6.45, 7) is 3.19. The Labute approximate surface area is 183 Å². The molecule has 0 unspecified atom stereocenters. The van der Waals surface area contributed by atoms with E-state index < -0.39 is 10.0 Å². The number of rotatable bonds is 6. The predicted octanol–water partition coefficient (Wildman–Crippen LogP) is 3.36. The highest BCUT2D eigenvalue weighted by Gasteiger charge is 2.28. The highest BCUT2D eigenvalue weighted by molar-refractivity contribution is 8.01. The van der Waals surface area contributed by atoms with Crippen molar-refractivity contribution in [3.8, 4) is 0 Å². The minimum Gasteiger partial charge on any atom is -0.379 e. The Balaban J connectivity index is 1.44. The van der Waals surface area contributed by atoms with Gasteiger partial charge in [-0.05, 0) is 36.8 Å². The summed E-state index contributed by atoms with van der Waals surface area (Å²) >= 11 is 2.91. The van der Waals surface area contributed by atoms with Crippen molar-refractivity contribution >= 4 is 54.9 Å². The number of morpholine rings is 1.